The van der Waals surface area contributed by atoms with E-state index in [1.165, 1.54) is 11.3 Å². The maximum atomic E-state index is 12.3. The Hall–Kier alpha value is -3.40. The minimum atomic E-state index is -0.159. The quantitative estimate of drug-likeness (QED) is 0.350. The van der Waals surface area contributed by atoms with Crippen molar-refractivity contribution in [3.8, 4) is 5.75 Å². The van der Waals surface area contributed by atoms with Crippen LogP contribution in [0.3, 0.4) is 0 Å². The second-order valence-electron chi connectivity index (χ2n) is 7.85. The lowest BCUT2D eigenvalue weighted by Crippen LogP contribution is -2.15. The average Bonchev–Trinajstić information content (AvgIpc) is 3.28. The first-order valence-electron chi connectivity index (χ1n) is 11.4. The Morgan fingerprint density at radius 3 is 2.56 bits per heavy atom. The molecule has 0 bridgehead atoms. The lowest BCUT2D eigenvalue weighted by molar-refractivity contribution is -0.116. The number of rotatable bonds is 13. The molecule has 180 valence electrons. The molecule has 34 heavy (non-hydrogen) atoms. The largest absolute Gasteiger partial charge is 0.497 e. The second-order valence-corrected chi connectivity index (χ2v) is 8.91. The number of nitrogens with zero attached hydrogens (tertiary/aromatic N) is 4. The van der Waals surface area contributed by atoms with Crippen LogP contribution >= 0.6 is 11.3 Å². The van der Waals surface area contributed by atoms with Crippen LogP contribution in [0, 0.1) is 0 Å². The molecule has 2 amide bonds. The van der Waals surface area contributed by atoms with E-state index in [0.29, 0.717) is 17.4 Å². The Morgan fingerprint density at radius 2 is 1.79 bits per heavy atom. The predicted molar refractivity (Wildman–Crippen MR) is 132 cm³/mol. The Morgan fingerprint density at radius 1 is 0.941 bits per heavy atom. The Bertz CT molecular complexity index is 1070. The maximum Gasteiger partial charge on any atom is 0.229 e. The SMILES string of the molecule is CCCCC(=O)Nc1nnc(CCCCc2ccc(NC(=O)Cc3cccc(OC)c3)nn2)s1. The van der Waals surface area contributed by atoms with Gasteiger partial charge in [0.2, 0.25) is 16.9 Å². The van der Waals surface area contributed by atoms with E-state index in [2.05, 4.69) is 38.0 Å². The van der Waals surface area contributed by atoms with E-state index in [1.54, 1.807) is 13.2 Å². The zero-order chi connectivity index (χ0) is 24.2. The third-order valence-corrected chi connectivity index (χ3v) is 5.93. The molecule has 2 aromatic heterocycles. The van der Waals surface area contributed by atoms with E-state index in [0.717, 1.165) is 60.5 Å². The van der Waals surface area contributed by atoms with E-state index in [4.69, 9.17) is 4.74 Å². The summed E-state index contributed by atoms with van der Waals surface area (Å²) in [4.78, 5) is 24.0. The first kappa shape index (κ1) is 25.2. The summed E-state index contributed by atoms with van der Waals surface area (Å²) in [6, 6.07) is 11.1. The lowest BCUT2D eigenvalue weighted by Gasteiger charge is -2.06. The fraction of sp³-hybridized carbons (Fsp3) is 0.417. The van der Waals surface area contributed by atoms with Gasteiger partial charge in [0.1, 0.15) is 10.8 Å². The van der Waals surface area contributed by atoms with E-state index >= 15 is 0 Å². The maximum absolute atomic E-state index is 12.3. The van der Waals surface area contributed by atoms with Crippen LogP contribution in [0.25, 0.3) is 0 Å². The molecule has 0 fully saturated rings. The number of benzene rings is 1. The van der Waals surface area contributed by atoms with Crippen LogP contribution in [0.1, 0.15) is 55.3 Å². The zero-order valence-corrected chi connectivity index (χ0v) is 20.4. The summed E-state index contributed by atoms with van der Waals surface area (Å²) < 4.78 is 5.18. The van der Waals surface area contributed by atoms with Crippen LogP contribution in [-0.2, 0) is 28.9 Å². The van der Waals surface area contributed by atoms with Gasteiger partial charge in [0.25, 0.3) is 0 Å². The number of ether oxygens (including phenoxy) is 1. The van der Waals surface area contributed by atoms with Crippen molar-refractivity contribution in [2.45, 2.75) is 58.3 Å². The number of carbonyl (C=O) groups is 2. The number of carbonyl (C=O) groups excluding carboxylic acids is 2. The topological polar surface area (TPSA) is 119 Å². The second kappa shape index (κ2) is 13.3. The van der Waals surface area contributed by atoms with Gasteiger partial charge in [0, 0.05) is 12.8 Å². The summed E-state index contributed by atoms with van der Waals surface area (Å²) in [7, 11) is 1.60. The van der Waals surface area contributed by atoms with Crippen LogP contribution in [0.15, 0.2) is 36.4 Å². The van der Waals surface area contributed by atoms with Crippen molar-refractivity contribution < 1.29 is 14.3 Å². The van der Waals surface area contributed by atoms with Crippen molar-refractivity contribution in [1.29, 1.82) is 0 Å². The summed E-state index contributed by atoms with van der Waals surface area (Å²) in [6.07, 6.45) is 6.04. The number of aromatic nitrogens is 4. The number of hydrogen-bond donors (Lipinski definition) is 2. The molecule has 10 heteroatoms. The highest BCUT2D eigenvalue weighted by Gasteiger charge is 2.09. The smallest absolute Gasteiger partial charge is 0.229 e. The van der Waals surface area contributed by atoms with Gasteiger partial charge in [0.05, 0.1) is 19.2 Å². The number of methoxy groups -OCH3 is 1. The number of hydrogen-bond acceptors (Lipinski definition) is 8. The van der Waals surface area contributed by atoms with Gasteiger partial charge >= 0.3 is 0 Å². The predicted octanol–water partition coefficient (Wildman–Crippen LogP) is 4.21. The summed E-state index contributed by atoms with van der Waals surface area (Å²) >= 11 is 1.42. The fourth-order valence-electron chi connectivity index (χ4n) is 3.22. The van der Waals surface area contributed by atoms with Crippen LogP contribution in [0.5, 0.6) is 5.75 Å². The molecule has 0 atom stereocenters. The van der Waals surface area contributed by atoms with Crippen LogP contribution in [-0.4, -0.2) is 39.3 Å². The van der Waals surface area contributed by atoms with Crippen LogP contribution < -0.4 is 15.4 Å². The minimum Gasteiger partial charge on any atom is -0.497 e. The van der Waals surface area contributed by atoms with Crippen molar-refractivity contribution in [1.82, 2.24) is 20.4 Å². The molecule has 2 N–H and O–H groups in total. The Labute approximate surface area is 203 Å². The molecule has 0 aliphatic rings. The molecule has 9 nitrogen and oxygen atoms in total. The number of amides is 2. The summed E-state index contributed by atoms with van der Waals surface area (Å²) in [5.74, 6) is 0.977. The highest BCUT2D eigenvalue weighted by molar-refractivity contribution is 7.15. The number of nitrogens with one attached hydrogen (secondary N) is 2. The van der Waals surface area contributed by atoms with Crippen molar-refractivity contribution in [2.24, 2.45) is 0 Å². The molecular formula is C24H30N6O3S. The van der Waals surface area contributed by atoms with E-state index < -0.39 is 0 Å². The molecule has 0 unspecified atom stereocenters. The first-order valence-corrected chi connectivity index (χ1v) is 12.2. The van der Waals surface area contributed by atoms with Crippen molar-refractivity contribution in [2.75, 3.05) is 17.7 Å². The highest BCUT2D eigenvalue weighted by Crippen LogP contribution is 2.18. The Kier molecular flexibility index (Phi) is 9.90. The van der Waals surface area contributed by atoms with Crippen molar-refractivity contribution in [3.05, 3.63) is 52.7 Å². The van der Waals surface area contributed by atoms with Crippen molar-refractivity contribution >= 4 is 34.1 Å². The van der Waals surface area contributed by atoms with Gasteiger partial charge in [0.15, 0.2) is 5.82 Å². The molecular weight excluding hydrogens is 452 g/mol. The summed E-state index contributed by atoms with van der Waals surface area (Å²) in [5.41, 5.74) is 1.73. The number of unbranched alkanes of at least 4 members (excludes halogenated alkanes) is 2. The molecule has 1 aromatic carbocycles. The molecule has 0 saturated carbocycles. The normalized spacial score (nSPS) is 10.6. The van der Waals surface area contributed by atoms with Gasteiger partial charge in [-0.3, -0.25) is 9.59 Å². The van der Waals surface area contributed by atoms with Gasteiger partial charge in [-0.1, -0.05) is 36.8 Å². The van der Waals surface area contributed by atoms with Gasteiger partial charge in [-0.2, -0.15) is 5.10 Å². The molecule has 3 aromatic rings. The third-order valence-electron chi connectivity index (χ3n) is 5.03. The fourth-order valence-corrected chi connectivity index (χ4v) is 4.02. The standard InChI is InChI=1S/C24H30N6O3S/c1-3-4-11-21(31)26-24-30-29-23(34-24)12-6-5-9-18-13-14-20(28-27-18)25-22(32)16-17-8-7-10-19(15-17)33-2/h7-8,10,13-15H,3-6,9,11-12,16H2,1-2H3,(H,25,28,32)(H,26,30,31). The molecule has 0 aliphatic carbocycles. The number of anilines is 2. The minimum absolute atomic E-state index is 0.0111. The van der Waals surface area contributed by atoms with E-state index in [-0.39, 0.29) is 18.2 Å². The van der Waals surface area contributed by atoms with Crippen molar-refractivity contribution in [3.63, 3.8) is 0 Å². The third kappa shape index (κ3) is 8.51. The average molecular weight is 483 g/mol. The highest BCUT2D eigenvalue weighted by atomic mass is 32.1. The zero-order valence-electron chi connectivity index (χ0n) is 19.5. The molecule has 0 aliphatic heterocycles. The summed E-state index contributed by atoms with van der Waals surface area (Å²) in [5, 5.41) is 23.6. The van der Waals surface area contributed by atoms with Crippen LogP contribution in [0.4, 0.5) is 10.9 Å². The molecule has 2 heterocycles. The van der Waals surface area contributed by atoms with E-state index in [9.17, 15) is 9.59 Å². The molecule has 0 saturated heterocycles. The first-order chi connectivity index (χ1) is 16.6. The van der Waals surface area contributed by atoms with Gasteiger partial charge in [-0.15, -0.1) is 15.3 Å². The van der Waals surface area contributed by atoms with E-state index in [1.807, 2.05) is 30.3 Å². The molecule has 0 radical (unpaired) electrons. The Balaban J connectivity index is 1.36. The lowest BCUT2D eigenvalue weighted by atomic mass is 10.1. The number of aryl methyl sites for hydroxylation is 2. The van der Waals surface area contributed by atoms with Gasteiger partial charge < -0.3 is 15.4 Å². The molecule has 3 rings (SSSR count). The molecule has 0 spiro atoms. The van der Waals surface area contributed by atoms with Gasteiger partial charge in [-0.25, -0.2) is 0 Å². The van der Waals surface area contributed by atoms with Gasteiger partial charge in [-0.05, 0) is 55.5 Å². The monoisotopic (exact) mass is 482 g/mol. The summed E-state index contributed by atoms with van der Waals surface area (Å²) in [6.45, 7) is 2.05. The van der Waals surface area contributed by atoms with Crippen LogP contribution in [0.2, 0.25) is 0 Å².